The highest BCUT2D eigenvalue weighted by Crippen LogP contribution is 2.35. The number of nitriles is 1. The highest BCUT2D eigenvalue weighted by Gasteiger charge is 2.15. The van der Waals surface area contributed by atoms with E-state index in [1.807, 2.05) is 19.9 Å². The van der Waals surface area contributed by atoms with E-state index >= 15 is 0 Å². The molecule has 0 atom stereocenters. The van der Waals surface area contributed by atoms with E-state index in [1.165, 1.54) is 18.2 Å². The lowest BCUT2D eigenvalue weighted by atomic mass is 10.1. The maximum atomic E-state index is 12.8. The molecule has 0 fully saturated rings. The summed E-state index contributed by atoms with van der Waals surface area (Å²) < 4.78 is 12.5. The molecule has 7 nitrogen and oxygen atoms in total. The summed E-state index contributed by atoms with van der Waals surface area (Å²) >= 11 is 8.13. The molecule has 0 heterocycles. The number of anilines is 1. The van der Waals surface area contributed by atoms with Gasteiger partial charge in [0, 0.05) is 10.7 Å². The summed E-state index contributed by atoms with van der Waals surface area (Å²) in [5.74, 6) is -0.580. The Labute approximate surface area is 227 Å². The van der Waals surface area contributed by atoms with Gasteiger partial charge in [-0.25, -0.2) is 4.79 Å². The quantitative estimate of drug-likeness (QED) is 0.162. The molecule has 3 aromatic carbocycles. The lowest BCUT2D eigenvalue weighted by molar-refractivity contribution is -0.112. The Morgan fingerprint density at radius 1 is 1.14 bits per heavy atom. The van der Waals surface area contributed by atoms with Gasteiger partial charge in [-0.2, -0.15) is 5.26 Å². The van der Waals surface area contributed by atoms with Crippen LogP contribution in [-0.2, 0) is 11.4 Å². The van der Waals surface area contributed by atoms with Crippen molar-refractivity contribution in [3.8, 4) is 17.6 Å². The fourth-order valence-corrected chi connectivity index (χ4v) is 4.16. The third kappa shape index (κ3) is 6.99. The second-order valence-electron chi connectivity index (χ2n) is 7.64. The summed E-state index contributed by atoms with van der Waals surface area (Å²) in [6.45, 7) is 4.26. The number of carboxylic acid groups (broad SMARTS) is 1. The highest BCUT2D eigenvalue weighted by atomic mass is 127. The number of carbonyl (C=O) groups excluding carboxylic acids is 1. The Bertz CT molecular complexity index is 1360. The summed E-state index contributed by atoms with van der Waals surface area (Å²) in [7, 11) is 0. The maximum absolute atomic E-state index is 12.8. The standard InChI is InChI=1S/C27H22ClIN2O5/c1-3-35-24-12-18(10-20(14-30)26(32)31-23-13-21(28)9-4-16(23)2)11-22(29)25(24)36-15-17-5-7-19(8-6-17)27(33)34/h4-13H,3,15H2,1-2H3,(H,31,32)(H,33,34)/b20-10+. The van der Waals surface area contributed by atoms with E-state index in [0.29, 0.717) is 34.4 Å². The molecule has 2 N–H and O–H groups in total. The summed E-state index contributed by atoms with van der Waals surface area (Å²) in [5, 5.41) is 21.9. The van der Waals surface area contributed by atoms with Crippen molar-refractivity contribution in [1.82, 2.24) is 0 Å². The number of aryl methyl sites for hydroxylation is 1. The van der Waals surface area contributed by atoms with Crippen LogP contribution in [0.4, 0.5) is 5.69 Å². The van der Waals surface area contributed by atoms with Crippen LogP contribution in [0.15, 0.2) is 60.2 Å². The molecular weight excluding hydrogens is 595 g/mol. The Balaban J connectivity index is 1.84. The van der Waals surface area contributed by atoms with Crippen LogP contribution in [0.5, 0.6) is 11.5 Å². The Kier molecular flexibility index (Phi) is 9.33. The molecule has 0 aromatic heterocycles. The first-order valence-electron chi connectivity index (χ1n) is 10.8. The van der Waals surface area contributed by atoms with Crippen LogP contribution in [0, 0.1) is 21.8 Å². The van der Waals surface area contributed by atoms with Crippen molar-refractivity contribution in [3.63, 3.8) is 0 Å². The lowest BCUT2D eigenvalue weighted by Gasteiger charge is -2.15. The first-order valence-corrected chi connectivity index (χ1v) is 12.3. The normalized spacial score (nSPS) is 10.9. The number of amides is 1. The van der Waals surface area contributed by atoms with Crippen molar-refractivity contribution in [1.29, 1.82) is 5.26 Å². The monoisotopic (exact) mass is 616 g/mol. The van der Waals surface area contributed by atoms with Gasteiger partial charge in [-0.1, -0.05) is 29.8 Å². The van der Waals surface area contributed by atoms with Crippen molar-refractivity contribution in [2.75, 3.05) is 11.9 Å². The molecule has 0 saturated carbocycles. The van der Waals surface area contributed by atoms with Crippen molar-refractivity contribution in [3.05, 3.63) is 91.0 Å². The van der Waals surface area contributed by atoms with Gasteiger partial charge in [0.2, 0.25) is 0 Å². The SMILES string of the molecule is CCOc1cc(/C=C(\C#N)C(=O)Nc2cc(Cl)ccc2C)cc(I)c1OCc1ccc(C(=O)O)cc1. The number of hydrogen-bond acceptors (Lipinski definition) is 5. The van der Waals surface area contributed by atoms with E-state index in [1.54, 1.807) is 42.5 Å². The minimum absolute atomic E-state index is 0.0835. The predicted molar refractivity (Wildman–Crippen MR) is 146 cm³/mol. The van der Waals surface area contributed by atoms with Gasteiger partial charge in [-0.05, 0) is 95.6 Å². The van der Waals surface area contributed by atoms with Crippen molar-refractivity contribution >= 4 is 57.8 Å². The van der Waals surface area contributed by atoms with Gasteiger partial charge in [-0.15, -0.1) is 0 Å². The number of benzene rings is 3. The number of ether oxygens (including phenoxy) is 2. The van der Waals surface area contributed by atoms with E-state index in [-0.39, 0.29) is 17.7 Å². The molecule has 0 unspecified atom stereocenters. The van der Waals surface area contributed by atoms with E-state index < -0.39 is 11.9 Å². The zero-order chi connectivity index (χ0) is 26.2. The number of carboxylic acids is 1. The smallest absolute Gasteiger partial charge is 0.335 e. The van der Waals surface area contributed by atoms with Crippen LogP contribution in [0.2, 0.25) is 5.02 Å². The summed E-state index contributed by atoms with van der Waals surface area (Å²) in [6, 6.07) is 17.0. The number of nitrogens with zero attached hydrogens (tertiary/aromatic N) is 1. The van der Waals surface area contributed by atoms with Crippen LogP contribution in [0.3, 0.4) is 0 Å². The van der Waals surface area contributed by atoms with E-state index in [0.717, 1.165) is 14.7 Å². The predicted octanol–water partition coefficient (Wildman–Crippen LogP) is 6.47. The molecule has 36 heavy (non-hydrogen) atoms. The van der Waals surface area contributed by atoms with Crippen LogP contribution in [0.25, 0.3) is 6.08 Å². The van der Waals surface area contributed by atoms with Gasteiger partial charge in [0.1, 0.15) is 18.2 Å². The van der Waals surface area contributed by atoms with Crippen LogP contribution < -0.4 is 14.8 Å². The van der Waals surface area contributed by atoms with Crippen molar-refractivity contribution in [2.45, 2.75) is 20.5 Å². The van der Waals surface area contributed by atoms with E-state index in [4.69, 9.17) is 26.2 Å². The molecule has 3 aromatic rings. The number of carbonyl (C=O) groups is 2. The summed E-state index contributed by atoms with van der Waals surface area (Å²) in [4.78, 5) is 23.8. The Morgan fingerprint density at radius 2 is 1.86 bits per heavy atom. The molecule has 3 rings (SSSR count). The third-order valence-corrected chi connectivity index (χ3v) is 6.08. The van der Waals surface area contributed by atoms with Crippen molar-refractivity contribution in [2.24, 2.45) is 0 Å². The van der Waals surface area contributed by atoms with E-state index in [2.05, 4.69) is 27.9 Å². The second-order valence-corrected chi connectivity index (χ2v) is 9.24. The molecular formula is C27H22ClIN2O5. The van der Waals surface area contributed by atoms with Gasteiger partial charge in [0.05, 0.1) is 15.7 Å². The maximum Gasteiger partial charge on any atom is 0.335 e. The third-order valence-electron chi connectivity index (χ3n) is 5.04. The average Bonchev–Trinajstić information content (AvgIpc) is 2.84. The first kappa shape index (κ1) is 27.0. The molecule has 0 aliphatic carbocycles. The van der Waals surface area contributed by atoms with Gasteiger partial charge in [0.15, 0.2) is 11.5 Å². The van der Waals surface area contributed by atoms with Crippen LogP contribution >= 0.6 is 34.2 Å². The Morgan fingerprint density at radius 3 is 2.50 bits per heavy atom. The fraction of sp³-hybridized carbons (Fsp3) is 0.148. The molecule has 0 saturated heterocycles. The molecule has 0 radical (unpaired) electrons. The minimum Gasteiger partial charge on any atom is -0.490 e. The summed E-state index contributed by atoms with van der Waals surface area (Å²) in [6.07, 6.45) is 1.48. The van der Waals surface area contributed by atoms with Crippen LogP contribution in [-0.4, -0.2) is 23.6 Å². The molecule has 0 aliphatic rings. The molecule has 1 amide bonds. The number of aromatic carboxylic acids is 1. The van der Waals surface area contributed by atoms with Crippen LogP contribution in [0.1, 0.15) is 34.0 Å². The lowest BCUT2D eigenvalue weighted by Crippen LogP contribution is -2.14. The largest absolute Gasteiger partial charge is 0.490 e. The van der Waals surface area contributed by atoms with Gasteiger partial charge < -0.3 is 19.9 Å². The summed E-state index contributed by atoms with van der Waals surface area (Å²) in [5.41, 5.74) is 2.84. The molecule has 184 valence electrons. The highest BCUT2D eigenvalue weighted by molar-refractivity contribution is 14.1. The number of halogens is 2. The van der Waals surface area contributed by atoms with Gasteiger partial charge in [-0.3, -0.25) is 4.79 Å². The zero-order valence-electron chi connectivity index (χ0n) is 19.5. The minimum atomic E-state index is -0.993. The molecule has 0 bridgehead atoms. The topological polar surface area (TPSA) is 109 Å². The molecule has 0 spiro atoms. The van der Waals surface area contributed by atoms with Crippen molar-refractivity contribution < 1.29 is 24.2 Å². The van der Waals surface area contributed by atoms with E-state index in [9.17, 15) is 14.9 Å². The second kappa shape index (κ2) is 12.4. The fourth-order valence-electron chi connectivity index (χ4n) is 3.21. The number of hydrogen-bond donors (Lipinski definition) is 2. The molecule has 0 aliphatic heterocycles. The zero-order valence-corrected chi connectivity index (χ0v) is 22.4. The average molecular weight is 617 g/mol. The number of nitrogens with one attached hydrogen (secondary N) is 1. The molecule has 9 heteroatoms. The first-order chi connectivity index (χ1) is 17.2. The van der Waals surface area contributed by atoms with Gasteiger partial charge >= 0.3 is 5.97 Å². The number of rotatable bonds is 9. The van der Waals surface area contributed by atoms with Gasteiger partial charge in [0.25, 0.3) is 5.91 Å². The Hall–Kier alpha value is -3.55.